The summed E-state index contributed by atoms with van der Waals surface area (Å²) in [6.07, 6.45) is 2.37. The molecule has 1 aliphatic rings. The van der Waals surface area contributed by atoms with Crippen molar-refractivity contribution in [2.24, 2.45) is 11.7 Å². The van der Waals surface area contributed by atoms with E-state index in [9.17, 15) is 14.0 Å². The third-order valence-corrected chi connectivity index (χ3v) is 3.83. The van der Waals surface area contributed by atoms with Crippen LogP contribution in [0.2, 0.25) is 0 Å². The van der Waals surface area contributed by atoms with E-state index in [-0.39, 0.29) is 29.8 Å². The predicted octanol–water partition coefficient (Wildman–Crippen LogP) is 2.08. The molecule has 6 heteroatoms. The Morgan fingerprint density at radius 3 is 2.52 bits per heavy atom. The van der Waals surface area contributed by atoms with Gasteiger partial charge in [-0.05, 0) is 43.9 Å². The molecule has 5 nitrogen and oxygen atoms in total. The van der Waals surface area contributed by atoms with Crippen molar-refractivity contribution in [3.8, 4) is 0 Å². The number of benzene rings is 1. The molecule has 21 heavy (non-hydrogen) atoms. The number of rotatable bonds is 5. The number of aliphatic carboxylic acids is 1. The van der Waals surface area contributed by atoms with Crippen molar-refractivity contribution in [2.75, 3.05) is 0 Å². The zero-order valence-corrected chi connectivity index (χ0v) is 11.5. The number of ether oxygens (including phenoxy) is 1. The topological polar surface area (TPSA) is 89.6 Å². The minimum Gasteiger partial charge on any atom is -0.481 e. The van der Waals surface area contributed by atoms with Gasteiger partial charge in [0.2, 0.25) is 5.91 Å². The summed E-state index contributed by atoms with van der Waals surface area (Å²) in [5, 5.41) is 8.92. The summed E-state index contributed by atoms with van der Waals surface area (Å²) >= 11 is 0. The van der Waals surface area contributed by atoms with Crippen molar-refractivity contribution < 1.29 is 23.8 Å². The van der Waals surface area contributed by atoms with Gasteiger partial charge in [-0.15, -0.1) is 0 Å². The van der Waals surface area contributed by atoms with Crippen LogP contribution in [0.5, 0.6) is 0 Å². The van der Waals surface area contributed by atoms with Crippen molar-refractivity contribution in [3.05, 3.63) is 35.1 Å². The van der Waals surface area contributed by atoms with Gasteiger partial charge in [-0.2, -0.15) is 0 Å². The van der Waals surface area contributed by atoms with Gasteiger partial charge in [0.05, 0.1) is 18.6 Å². The lowest BCUT2D eigenvalue weighted by Gasteiger charge is -2.26. The fraction of sp³-hybridized carbons (Fsp3) is 0.467. The van der Waals surface area contributed by atoms with E-state index in [4.69, 9.17) is 15.6 Å². The van der Waals surface area contributed by atoms with Crippen LogP contribution in [-0.4, -0.2) is 23.1 Å². The first-order valence-electron chi connectivity index (χ1n) is 6.90. The minimum atomic E-state index is -0.770. The molecule has 0 bridgehead atoms. The van der Waals surface area contributed by atoms with Crippen LogP contribution in [0.15, 0.2) is 18.2 Å². The highest BCUT2D eigenvalue weighted by atomic mass is 19.1. The Bertz CT molecular complexity index is 538. The maximum atomic E-state index is 13.6. The zero-order chi connectivity index (χ0) is 15.4. The van der Waals surface area contributed by atoms with Gasteiger partial charge >= 0.3 is 5.97 Å². The molecule has 0 aliphatic heterocycles. The Balaban J connectivity index is 1.90. The molecule has 1 aliphatic carbocycles. The molecule has 1 amide bonds. The highest BCUT2D eigenvalue weighted by molar-refractivity contribution is 5.92. The largest absolute Gasteiger partial charge is 0.481 e. The normalized spacial score (nSPS) is 22.0. The highest BCUT2D eigenvalue weighted by Crippen LogP contribution is 2.27. The summed E-state index contributed by atoms with van der Waals surface area (Å²) < 4.78 is 19.3. The SMILES string of the molecule is NC(=O)c1ccc(F)c(COC2CCC(C(=O)O)CC2)c1. The standard InChI is InChI=1S/C15H18FNO4/c16-13-6-3-10(14(17)18)7-11(13)8-21-12-4-1-9(2-5-12)15(19)20/h3,6-7,9,12H,1-2,4-5,8H2,(H2,17,18)(H,19,20). The Morgan fingerprint density at radius 2 is 1.95 bits per heavy atom. The zero-order valence-electron chi connectivity index (χ0n) is 11.5. The molecular formula is C15H18FNO4. The average Bonchev–Trinajstić information content (AvgIpc) is 2.46. The van der Waals surface area contributed by atoms with Crippen molar-refractivity contribution in [1.29, 1.82) is 0 Å². The van der Waals surface area contributed by atoms with Gasteiger partial charge in [0.1, 0.15) is 5.82 Å². The van der Waals surface area contributed by atoms with E-state index in [0.29, 0.717) is 25.7 Å². The van der Waals surface area contributed by atoms with Crippen LogP contribution in [0, 0.1) is 11.7 Å². The van der Waals surface area contributed by atoms with Gasteiger partial charge in [-0.25, -0.2) is 4.39 Å². The summed E-state index contributed by atoms with van der Waals surface area (Å²) in [6, 6.07) is 3.92. The maximum Gasteiger partial charge on any atom is 0.306 e. The molecule has 0 unspecified atom stereocenters. The Morgan fingerprint density at radius 1 is 1.29 bits per heavy atom. The first-order chi connectivity index (χ1) is 9.97. The van der Waals surface area contributed by atoms with Gasteiger partial charge in [0.15, 0.2) is 0 Å². The van der Waals surface area contributed by atoms with Crippen LogP contribution in [0.25, 0.3) is 0 Å². The van der Waals surface area contributed by atoms with Crippen LogP contribution in [0.1, 0.15) is 41.6 Å². The van der Waals surface area contributed by atoms with E-state index < -0.39 is 17.7 Å². The lowest BCUT2D eigenvalue weighted by molar-refractivity contribution is -0.143. The fourth-order valence-electron chi connectivity index (χ4n) is 2.52. The van der Waals surface area contributed by atoms with E-state index >= 15 is 0 Å². The number of halogens is 1. The van der Waals surface area contributed by atoms with E-state index in [1.807, 2.05) is 0 Å². The first-order valence-corrected chi connectivity index (χ1v) is 6.90. The van der Waals surface area contributed by atoms with Crippen molar-refractivity contribution >= 4 is 11.9 Å². The fourth-order valence-corrected chi connectivity index (χ4v) is 2.52. The molecular weight excluding hydrogens is 277 g/mol. The van der Waals surface area contributed by atoms with Crippen LogP contribution < -0.4 is 5.73 Å². The van der Waals surface area contributed by atoms with Gasteiger partial charge in [-0.3, -0.25) is 9.59 Å². The maximum absolute atomic E-state index is 13.6. The summed E-state index contributed by atoms with van der Waals surface area (Å²) in [4.78, 5) is 21.9. The van der Waals surface area contributed by atoms with Gasteiger partial charge in [0, 0.05) is 11.1 Å². The monoisotopic (exact) mass is 295 g/mol. The summed E-state index contributed by atoms with van der Waals surface area (Å²) in [5.41, 5.74) is 5.68. The number of carboxylic acids is 1. The number of nitrogens with two attached hydrogens (primary N) is 1. The van der Waals surface area contributed by atoms with Gasteiger partial charge in [0.25, 0.3) is 0 Å². The first kappa shape index (κ1) is 15.4. The van der Waals surface area contributed by atoms with Gasteiger partial charge < -0.3 is 15.6 Å². The Labute approximate surface area is 121 Å². The number of primary amides is 1. The second kappa shape index (κ2) is 6.67. The Hall–Kier alpha value is -1.95. The number of hydrogen-bond donors (Lipinski definition) is 2. The number of hydrogen-bond acceptors (Lipinski definition) is 3. The molecule has 1 aromatic carbocycles. The quantitative estimate of drug-likeness (QED) is 0.870. The second-order valence-electron chi connectivity index (χ2n) is 5.29. The molecule has 3 N–H and O–H groups in total. The molecule has 2 rings (SSSR count). The van der Waals surface area contributed by atoms with E-state index in [0.717, 1.165) is 0 Å². The summed E-state index contributed by atoms with van der Waals surface area (Å²) in [5.74, 6) is -2.13. The van der Waals surface area contributed by atoms with Crippen LogP contribution in [-0.2, 0) is 16.1 Å². The number of carbonyl (C=O) groups is 2. The van der Waals surface area contributed by atoms with E-state index in [1.54, 1.807) is 0 Å². The lowest BCUT2D eigenvalue weighted by atomic mass is 9.87. The molecule has 1 aromatic rings. The molecule has 0 aromatic heterocycles. The highest BCUT2D eigenvalue weighted by Gasteiger charge is 2.26. The van der Waals surface area contributed by atoms with E-state index in [2.05, 4.69) is 0 Å². The van der Waals surface area contributed by atoms with E-state index in [1.165, 1.54) is 18.2 Å². The van der Waals surface area contributed by atoms with Crippen LogP contribution in [0.4, 0.5) is 4.39 Å². The molecule has 0 radical (unpaired) electrons. The second-order valence-corrected chi connectivity index (χ2v) is 5.29. The molecule has 0 atom stereocenters. The number of carbonyl (C=O) groups excluding carboxylic acids is 1. The number of carboxylic acid groups (broad SMARTS) is 1. The number of amides is 1. The summed E-state index contributed by atoms with van der Waals surface area (Å²) in [7, 11) is 0. The Kier molecular flexibility index (Phi) is 4.90. The predicted molar refractivity (Wildman–Crippen MR) is 73.1 cm³/mol. The molecule has 1 saturated carbocycles. The summed E-state index contributed by atoms with van der Waals surface area (Å²) in [6.45, 7) is 0.0510. The molecule has 114 valence electrons. The molecule has 0 spiro atoms. The minimum absolute atomic E-state index is 0.0510. The lowest BCUT2D eigenvalue weighted by Crippen LogP contribution is -2.26. The van der Waals surface area contributed by atoms with Crippen molar-refractivity contribution in [3.63, 3.8) is 0 Å². The molecule has 1 fully saturated rings. The third-order valence-electron chi connectivity index (χ3n) is 3.83. The van der Waals surface area contributed by atoms with Crippen LogP contribution >= 0.6 is 0 Å². The smallest absolute Gasteiger partial charge is 0.306 e. The van der Waals surface area contributed by atoms with Crippen molar-refractivity contribution in [1.82, 2.24) is 0 Å². The molecule has 0 saturated heterocycles. The average molecular weight is 295 g/mol. The van der Waals surface area contributed by atoms with Gasteiger partial charge in [-0.1, -0.05) is 0 Å². The van der Waals surface area contributed by atoms with Crippen LogP contribution in [0.3, 0.4) is 0 Å². The van der Waals surface area contributed by atoms with Crippen molar-refractivity contribution in [2.45, 2.75) is 38.4 Å². The third kappa shape index (κ3) is 4.01. The molecule has 0 heterocycles.